The highest BCUT2D eigenvalue weighted by Gasteiger charge is 2.26. The quantitative estimate of drug-likeness (QED) is 0.721. The van der Waals surface area contributed by atoms with Crippen LogP contribution in [0.25, 0.3) is 16.8 Å². The third-order valence-electron chi connectivity index (χ3n) is 5.82. The number of benzene rings is 1. The van der Waals surface area contributed by atoms with Crippen molar-refractivity contribution in [1.29, 1.82) is 0 Å². The van der Waals surface area contributed by atoms with E-state index in [9.17, 15) is 14.0 Å². The number of fused-ring (bicyclic) bond motifs is 1. The van der Waals surface area contributed by atoms with Gasteiger partial charge in [-0.25, -0.2) is 4.39 Å². The van der Waals surface area contributed by atoms with Crippen molar-refractivity contribution in [2.24, 2.45) is 0 Å². The lowest BCUT2D eigenvalue weighted by molar-refractivity contribution is 0.0779. The summed E-state index contributed by atoms with van der Waals surface area (Å²) in [7, 11) is 0. The smallest absolute Gasteiger partial charge is 0.292 e. The molecule has 1 saturated heterocycles. The van der Waals surface area contributed by atoms with Crippen molar-refractivity contribution in [3.8, 4) is 11.1 Å². The van der Waals surface area contributed by atoms with Gasteiger partial charge in [0.05, 0.1) is 0 Å². The minimum Gasteiger partial charge on any atom is -0.349 e. The second-order valence-corrected chi connectivity index (χ2v) is 8.04. The maximum atomic E-state index is 14.6. The van der Waals surface area contributed by atoms with Crippen LogP contribution in [0.15, 0.2) is 30.5 Å². The average molecular weight is 407 g/mol. The summed E-state index contributed by atoms with van der Waals surface area (Å²) in [5.41, 5.74) is 2.59. The van der Waals surface area contributed by atoms with Gasteiger partial charge in [-0.1, -0.05) is 0 Å². The fourth-order valence-corrected chi connectivity index (χ4v) is 3.87. The molecule has 0 spiro atoms. The largest absolute Gasteiger partial charge is 0.349 e. The molecule has 154 valence electrons. The molecule has 7 nitrogen and oxygen atoms in total. The number of hydrogen-bond acceptors (Lipinski definition) is 4. The first-order valence-corrected chi connectivity index (χ1v) is 10.3. The number of hydrogen-bond donors (Lipinski definition) is 1. The second-order valence-electron chi connectivity index (χ2n) is 8.04. The standard InChI is InChI=1S/C22H22FN5O2/c1-13-17(10-15(11-18(13)23)21(29)24-16-4-5-16)14-6-9-28-19(12-14)25-26-20(28)22(30)27-7-2-3-8-27/h6,9-12,16H,2-5,7-8H2,1H3,(H,24,29). The average Bonchev–Trinajstić information content (AvgIpc) is 3.23. The molecule has 30 heavy (non-hydrogen) atoms. The van der Waals surface area contributed by atoms with Gasteiger partial charge >= 0.3 is 0 Å². The molecule has 8 heteroatoms. The van der Waals surface area contributed by atoms with Crippen LogP contribution >= 0.6 is 0 Å². The normalized spacial score (nSPS) is 16.3. The molecule has 0 atom stereocenters. The van der Waals surface area contributed by atoms with Crippen LogP contribution in [0.5, 0.6) is 0 Å². The van der Waals surface area contributed by atoms with E-state index in [-0.39, 0.29) is 23.7 Å². The van der Waals surface area contributed by atoms with Crippen LogP contribution in [-0.4, -0.2) is 50.4 Å². The van der Waals surface area contributed by atoms with Crippen LogP contribution in [0, 0.1) is 12.7 Å². The Labute approximate surface area is 172 Å². The zero-order chi connectivity index (χ0) is 20.8. The molecule has 1 aliphatic carbocycles. The SMILES string of the molecule is Cc1c(F)cc(C(=O)NC2CC2)cc1-c1ccn2c(C(=O)N3CCCC3)nnc2c1. The van der Waals surface area contributed by atoms with Crippen LogP contribution in [-0.2, 0) is 0 Å². The Balaban J connectivity index is 1.50. The molecular weight excluding hydrogens is 385 g/mol. The number of likely N-dealkylation sites (tertiary alicyclic amines) is 1. The first-order valence-electron chi connectivity index (χ1n) is 10.3. The van der Waals surface area contributed by atoms with Crippen LogP contribution in [0.2, 0.25) is 0 Å². The number of amides is 2. The number of aromatic nitrogens is 3. The van der Waals surface area contributed by atoms with Gasteiger partial charge in [-0.05, 0) is 73.6 Å². The van der Waals surface area contributed by atoms with E-state index in [1.165, 1.54) is 6.07 Å². The lowest BCUT2D eigenvalue weighted by Crippen LogP contribution is -2.29. The summed E-state index contributed by atoms with van der Waals surface area (Å²) in [5, 5.41) is 11.1. The lowest BCUT2D eigenvalue weighted by atomic mass is 9.98. The summed E-state index contributed by atoms with van der Waals surface area (Å²) in [6, 6.07) is 6.73. The van der Waals surface area contributed by atoms with E-state index < -0.39 is 5.82 Å². The fraction of sp³-hybridized carbons (Fsp3) is 0.364. The predicted molar refractivity (Wildman–Crippen MR) is 109 cm³/mol. The summed E-state index contributed by atoms with van der Waals surface area (Å²) in [6.07, 6.45) is 5.66. The zero-order valence-corrected chi connectivity index (χ0v) is 16.7. The maximum absolute atomic E-state index is 14.6. The molecular formula is C22H22FN5O2. The number of nitrogens with zero attached hydrogens (tertiary/aromatic N) is 4. The minimum absolute atomic E-state index is 0.131. The van der Waals surface area contributed by atoms with Crippen LogP contribution in [0.1, 0.15) is 52.2 Å². The third-order valence-corrected chi connectivity index (χ3v) is 5.82. The van der Waals surface area contributed by atoms with Crippen LogP contribution < -0.4 is 5.32 Å². The Morgan fingerprint density at radius 2 is 1.90 bits per heavy atom. The summed E-state index contributed by atoms with van der Waals surface area (Å²) in [5.74, 6) is -0.549. The van der Waals surface area contributed by atoms with Crippen molar-refractivity contribution in [3.63, 3.8) is 0 Å². The van der Waals surface area contributed by atoms with E-state index in [1.54, 1.807) is 40.6 Å². The third kappa shape index (κ3) is 3.32. The van der Waals surface area contributed by atoms with Crippen molar-refractivity contribution in [3.05, 3.63) is 53.2 Å². The molecule has 3 heterocycles. The second kappa shape index (κ2) is 7.19. The lowest BCUT2D eigenvalue weighted by Gasteiger charge is -2.14. The molecule has 2 aromatic heterocycles. The van der Waals surface area contributed by atoms with Gasteiger partial charge in [-0.3, -0.25) is 14.0 Å². The van der Waals surface area contributed by atoms with Gasteiger partial charge in [-0.2, -0.15) is 0 Å². The van der Waals surface area contributed by atoms with Crippen LogP contribution in [0.4, 0.5) is 4.39 Å². The monoisotopic (exact) mass is 407 g/mol. The van der Waals surface area contributed by atoms with Crippen molar-refractivity contribution in [2.45, 2.75) is 38.6 Å². The van der Waals surface area contributed by atoms with Crippen LogP contribution in [0.3, 0.4) is 0 Å². The van der Waals surface area contributed by atoms with Gasteiger partial charge in [-0.15, -0.1) is 10.2 Å². The van der Waals surface area contributed by atoms with Gasteiger partial charge in [0, 0.05) is 30.9 Å². The Kier molecular flexibility index (Phi) is 4.49. The number of nitrogens with one attached hydrogen (secondary N) is 1. The maximum Gasteiger partial charge on any atom is 0.292 e. The number of carbonyl (C=O) groups is 2. The number of pyridine rings is 1. The molecule has 5 rings (SSSR count). The molecule has 1 saturated carbocycles. The molecule has 2 fully saturated rings. The predicted octanol–water partition coefficient (Wildman–Crippen LogP) is 2.97. The molecule has 0 bridgehead atoms. The highest BCUT2D eigenvalue weighted by Crippen LogP contribution is 2.29. The first kappa shape index (κ1) is 18.7. The van der Waals surface area contributed by atoms with E-state index >= 15 is 0 Å². The van der Waals surface area contributed by atoms with E-state index in [0.717, 1.165) is 38.8 Å². The molecule has 1 aromatic carbocycles. The van der Waals surface area contributed by atoms with Gasteiger partial charge in [0.1, 0.15) is 5.82 Å². The van der Waals surface area contributed by atoms with Crippen molar-refractivity contribution >= 4 is 17.5 Å². The Bertz CT molecular complexity index is 1160. The molecule has 1 N–H and O–H groups in total. The molecule has 3 aromatic rings. The molecule has 1 aliphatic heterocycles. The molecule has 0 radical (unpaired) electrons. The molecule has 2 aliphatic rings. The minimum atomic E-state index is -0.431. The van der Waals surface area contributed by atoms with Gasteiger partial charge in [0.2, 0.25) is 5.82 Å². The Hall–Kier alpha value is -3.29. The zero-order valence-electron chi connectivity index (χ0n) is 16.7. The molecule has 2 amide bonds. The fourth-order valence-electron chi connectivity index (χ4n) is 3.87. The van der Waals surface area contributed by atoms with E-state index in [1.807, 2.05) is 0 Å². The summed E-state index contributed by atoms with van der Waals surface area (Å²) < 4.78 is 16.2. The van der Waals surface area contributed by atoms with Gasteiger partial charge in [0.25, 0.3) is 11.8 Å². The summed E-state index contributed by atoms with van der Waals surface area (Å²) >= 11 is 0. The Morgan fingerprint density at radius 3 is 2.63 bits per heavy atom. The number of halogens is 1. The molecule has 0 unspecified atom stereocenters. The van der Waals surface area contributed by atoms with Crippen molar-refractivity contribution in [2.75, 3.05) is 13.1 Å². The Morgan fingerprint density at radius 1 is 1.13 bits per heavy atom. The summed E-state index contributed by atoms with van der Waals surface area (Å²) in [6.45, 7) is 3.16. The van der Waals surface area contributed by atoms with Crippen molar-refractivity contribution < 1.29 is 14.0 Å². The van der Waals surface area contributed by atoms with E-state index in [4.69, 9.17) is 0 Å². The number of rotatable bonds is 4. The highest BCUT2D eigenvalue weighted by molar-refractivity contribution is 5.96. The van der Waals surface area contributed by atoms with E-state index in [0.29, 0.717) is 27.9 Å². The first-order chi connectivity index (χ1) is 14.5. The van der Waals surface area contributed by atoms with Crippen molar-refractivity contribution in [1.82, 2.24) is 24.8 Å². The number of carbonyl (C=O) groups excluding carboxylic acids is 2. The topological polar surface area (TPSA) is 79.6 Å². The van der Waals surface area contributed by atoms with E-state index in [2.05, 4.69) is 15.5 Å². The van der Waals surface area contributed by atoms with Gasteiger partial charge < -0.3 is 10.2 Å². The summed E-state index contributed by atoms with van der Waals surface area (Å²) in [4.78, 5) is 26.9. The van der Waals surface area contributed by atoms with Gasteiger partial charge in [0.15, 0.2) is 5.65 Å². The highest BCUT2D eigenvalue weighted by atomic mass is 19.1.